The molecule has 104 valence electrons. The van der Waals surface area contributed by atoms with Gasteiger partial charge in [-0.15, -0.1) is 0 Å². The van der Waals surface area contributed by atoms with Gasteiger partial charge < -0.3 is 9.88 Å². The maximum Gasteiger partial charge on any atom is 0.0480 e. The van der Waals surface area contributed by atoms with Gasteiger partial charge in [0.05, 0.1) is 0 Å². The predicted octanol–water partition coefficient (Wildman–Crippen LogP) is 4.04. The number of hydrogen-bond acceptors (Lipinski definition) is 1. The van der Waals surface area contributed by atoms with Crippen LogP contribution in [-0.4, -0.2) is 11.1 Å². The predicted molar refractivity (Wildman–Crippen MR) is 83.3 cm³/mol. The number of fused-ring (bicyclic) bond motifs is 1. The first kappa shape index (κ1) is 14.1. The maximum absolute atomic E-state index is 3.50. The summed E-state index contributed by atoms with van der Waals surface area (Å²) in [5.41, 5.74) is 2.72. The van der Waals surface area contributed by atoms with Gasteiger partial charge >= 0.3 is 0 Å². The number of nitrogens with zero attached hydrogens (tertiary/aromatic N) is 1. The molecule has 1 aromatic heterocycles. The SMILES string of the molecule is CC(C)CNCc1ccc2c(ccn2CC(C)C)c1. The molecule has 0 fully saturated rings. The molecule has 0 aliphatic heterocycles. The Kier molecular flexibility index (Phi) is 4.65. The molecule has 0 aliphatic rings. The first-order valence-corrected chi connectivity index (χ1v) is 7.34. The summed E-state index contributed by atoms with van der Waals surface area (Å²) in [6.07, 6.45) is 2.20. The molecule has 0 atom stereocenters. The van der Waals surface area contributed by atoms with Crippen molar-refractivity contribution in [3.05, 3.63) is 36.0 Å². The van der Waals surface area contributed by atoms with Crippen molar-refractivity contribution < 1.29 is 0 Å². The summed E-state index contributed by atoms with van der Waals surface area (Å²) in [4.78, 5) is 0. The first-order valence-electron chi connectivity index (χ1n) is 7.34. The number of hydrogen-bond donors (Lipinski definition) is 1. The second kappa shape index (κ2) is 6.25. The lowest BCUT2D eigenvalue weighted by Gasteiger charge is -2.10. The van der Waals surface area contributed by atoms with E-state index in [1.165, 1.54) is 16.5 Å². The molecule has 2 nitrogen and oxygen atoms in total. The number of aromatic nitrogens is 1. The van der Waals surface area contributed by atoms with E-state index in [4.69, 9.17) is 0 Å². The van der Waals surface area contributed by atoms with Crippen molar-refractivity contribution in [2.24, 2.45) is 11.8 Å². The highest BCUT2D eigenvalue weighted by molar-refractivity contribution is 5.80. The van der Waals surface area contributed by atoms with Crippen LogP contribution in [0.15, 0.2) is 30.5 Å². The molecule has 2 heteroatoms. The smallest absolute Gasteiger partial charge is 0.0480 e. The molecule has 2 rings (SSSR count). The second-order valence-electron chi connectivity index (χ2n) is 6.28. The third-order valence-electron chi connectivity index (χ3n) is 3.28. The zero-order chi connectivity index (χ0) is 13.8. The van der Waals surface area contributed by atoms with Crippen LogP contribution in [0.3, 0.4) is 0 Å². The Morgan fingerprint density at radius 2 is 1.84 bits per heavy atom. The molecule has 1 N–H and O–H groups in total. The van der Waals surface area contributed by atoms with Crippen LogP contribution in [0, 0.1) is 11.8 Å². The summed E-state index contributed by atoms with van der Waals surface area (Å²) in [7, 11) is 0. The van der Waals surface area contributed by atoms with Gasteiger partial charge in [0.15, 0.2) is 0 Å². The van der Waals surface area contributed by atoms with E-state index in [2.05, 4.69) is 68.0 Å². The Hall–Kier alpha value is -1.28. The highest BCUT2D eigenvalue weighted by Crippen LogP contribution is 2.19. The Bertz CT molecular complexity index is 523. The standard InChI is InChI=1S/C17H26N2/c1-13(2)10-18-11-15-5-6-17-16(9-15)7-8-19(17)12-14(3)4/h5-9,13-14,18H,10-12H2,1-4H3. The molecule has 1 aromatic carbocycles. The molecule has 0 aliphatic carbocycles. The minimum Gasteiger partial charge on any atom is -0.347 e. The van der Waals surface area contributed by atoms with Gasteiger partial charge in [-0.1, -0.05) is 33.8 Å². The van der Waals surface area contributed by atoms with Crippen molar-refractivity contribution >= 4 is 10.9 Å². The fraction of sp³-hybridized carbons (Fsp3) is 0.529. The lowest BCUT2D eigenvalue weighted by molar-refractivity contribution is 0.535. The summed E-state index contributed by atoms with van der Waals surface area (Å²) in [5.74, 6) is 1.39. The fourth-order valence-electron chi connectivity index (χ4n) is 2.42. The molecule has 0 bridgehead atoms. The van der Waals surface area contributed by atoms with Gasteiger partial charge in [0.2, 0.25) is 0 Å². The minimum absolute atomic E-state index is 0.683. The van der Waals surface area contributed by atoms with Crippen molar-refractivity contribution in [1.82, 2.24) is 9.88 Å². The van der Waals surface area contributed by atoms with Crippen LogP contribution in [0.4, 0.5) is 0 Å². The summed E-state index contributed by atoms with van der Waals surface area (Å²) >= 11 is 0. The Labute approximate surface area is 116 Å². The number of nitrogens with one attached hydrogen (secondary N) is 1. The van der Waals surface area contributed by atoms with Gasteiger partial charge in [-0.05, 0) is 47.5 Å². The average molecular weight is 258 g/mol. The van der Waals surface area contributed by atoms with Crippen LogP contribution in [0.5, 0.6) is 0 Å². The van der Waals surface area contributed by atoms with E-state index in [1.54, 1.807) is 0 Å². The molecule has 0 saturated carbocycles. The van der Waals surface area contributed by atoms with Crippen LogP contribution >= 0.6 is 0 Å². The lowest BCUT2D eigenvalue weighted by Crippen LogP contribution is -2.18. The topological polar surface area (TPSA) is 17.0 Å². The van der Waals surface area contributed by atoms with Gasteiger partial charge in [-0.2, -0.15) is 0 Å². The highest BCUT2D eigenvalue weighted by atomic mass is 15.0. The molecule has 2 aromatic rings. The quantitative estimate of drug-likeness (QED) is 0.827. The van der Waals surface area contributed by atoms with Crippen LogP contribution in [0.1, 0.15) is 33.3 Å². The monoisotopic (exact) mass is 258 g/mol. The minimum atomic E-state index is 0.683. The lowest BCUT2D eigenvalue weighted by atomic mass is 10.1. The molecule has 0 saturated heterocycles. The van der Waals surface area contributed by atoms with E-state index >= 15 is 0 Å². The zero-order valence-corrected chi connectivity index (χ0v) is 12.6. The van der Waals surface area contributed by atoms with E-state index in [-0.39, 0.29) is 0 Å². The first-order chi connectivity index (χ1) is 9.06. The molecule has 0 amide bonds. The normalized spacial score (nSPS) is 11.9. The van der Waals surface area contributed by atoms with E-state index in [0.717, 1.165) is 19.6 Å². The third kappa shape index (κ3) is 3.84. The van der Waals surface area contributed by atoms with Gasteiger partial charge in [0.1, 0.15) is 0 Å². The van der Waals surface area contributed by atoms with Gasteiger partial charge in [0, 0.05) is 24.8 Å². The zero-order valence-electron chi connectivity index (χ0n) is 12.6. The van der Waals surface area contributed by atoms with Crippen LogP contribution in [0.25, 0.3) is 10.9 Å². The van der Waals surface area contributed by atoms with E-state index < -0.39 is 0 Å². The molecule has 0 unspecified atom stereocenters. The van der Waals surface area contributed by atoms with Crippen LogP contribution in [-0.2, 0) is 13.1 Å². The summed E-state index contributed by atoms with van der Waals surface area (Å²) in [5, 5.41) is 4.85. The van der Waals surface area contributed by atoms with E-state index in [9.17, 15) is 0 Å². The van der Waals surface area contributed by atoms with Crippen LogP contribution in [0.2, 0.25) is 0 Å². The highest BCUT2D eigenvalue weighted by Gasteiger charge is 2.04. The Morgan fingerprint density at radius 1 is 1.05 bits per heavy atom. The Balaban J connectivity index is 2.09. The fourth-order valence-corrected chi connectivity index (χ4v) is 2.42. The number of benzene rings is 1. The largest absolute Gasteiger partial charge is 0.347 e. The van der Waals surface area contributed by atoms with Crippen molar-refractivity contribution in [3.63, 3.8) is 0 Å². The second-order valence-corrected chi connectivity index (χ2v) is 6.28. The molecule has 0 spiro atoms. The molecular weight excluding hydrogens is 232 g/mol. The van der Waals surface area contributed by atoms with Crippen molar-refractivity contribution in [3.8, 4) is 0 Å². The summed E-state index contributed by atoms with van der Waals surface area (Å²) in [6, 6.07) is 9.03. The van der Waals surface area contributed by atoms with E-state index in [1.807, 2.05) is 0 Å². The van der Waals surface area contributed by atoms with Crippen molar-refractivity contribution in [2.75, 3.05) is 6.54 Å². The molecule has 0 radical (unpaired) electrons. The van der Waals surface area contributed by atoms with Crippen molar-refractivity contribution in [1.29, 1.82) is 0 Å². The molecular formula is C17H26N2. The van der Waals surface area contributed by atoms with Crippen molar-refractivity contribution in [2.45, 2.75) is 40.8 Å². The summed E-state index contributed by atoms with van der Waals surface area (Å²) in [6.45, 7) is 12.1. The van der Waals surface area contributed by atoms with E-state index in [0.29, 0.717) is 11.8 Å². The molecule has 19 heavy (non-hydrogen) atoms. The molecule has 1 heterocycles. The maximum atomic E-state index is 3.50. The van der Waals surface area contributed by atoms with Gasteiger partial charge in [-0.3, -0.25) is 0 Å². The third-order valence-corrected chi connectivity index (χ3v) is 3.28. The Morgan fingerprint density at radius 3 is 2.53 bits per heavy atom. The van der Waals surface area contributed by atoms with Gasteiger partial charge in [-0.25, -0.2) is 0 Å². The summed E-state index contributed by atoms with van der Waals surface area (Å²) < 4.78 is 2.35. The van der Waals surface area contributed by atoms with Gasteiger partial charge in [0.25, 0.3) is 0 Å². The van der Waals surface area contributed by atoms with Crippen LogP contribution < -0.4 is 5.32 Å². The number of rotatable bonds is 6. The average Bonchev–Trinajstić information content (AvgIpc) is 2.71.